The second-order valence-electron chi connectivity index (χ2n) is 4.10. The van der Waals surface area contributed by atoms with Gasteiger partial charge in [-0.25, -0.2) is 9.97 Å². The van der Waals surface area contributed by atoms with Gasteiger partial charge in [0.1, 0.15) is 5.01 Å². The maximum Gasteiger partial charge on any atom is 0.311 e. The largest absolute Gasteiger partial charge is 0.466 e. The van der Waals surface area contributed by atoms with Gasteiger partial charge in [0.2, 0.25) is 0 Å². The molecule has 0 fully saturated rings. The molecule has 0 N–H and O–H groups in total. The van der Waals surface area contributed by atoms with Crippen molar-refractivity contribution in [2.45, 2.75) is 33.2 Å². The minimum Gasteiger partial charge on any atom is -0.466 e. The van der Waals surface area contributed by atoms with Crippen LogP contribution in [0.1, 0.15) is 26.0 Å². The summed E-state index contributed by atoms with van der Waals surface area (Å²) >= 11 is 1.53. The Labute approximate surface area is 116 Å². The molecule has 0 aliphatic carbocycles. The number of hydrogen-bond donors (Lipinski definition) is 0. The molecule has 6 heteroatoms. The van der Waals surface area contributed by atoms with Gasteiger partial charge in [0.15, 0.2) is 0 Å². The topological polar surface area (TPSA) is 57.0 Å². The zero-order valence-corrected chi connectivity index (χ0v) is 11.9. The number of carbonyl (C=O) groups is 1. The standard InChI is InChI=1S/C13H17N3O2S/c1-3-5-16-9-14-7-11(16)13-15-10(8-19-13)6-12(17)18-4-2/h7-9H,3-6H2,1-2H3. The van der Waals surface area contributed by atoms with Crippen LogP contribution in [0.2, 0.25) is 0 Å². The lowest BCUT2D eigenvalue weighted by Gasteiger charge is -2.03. The molecule has 0 unspecified atom stereocenters. The predicted octanol–water partition coefficient (Wildman–Crippen LogP) is 2.52. The monoisotopic (exact) mass is 279 g/mol. The van der Waals surface area contributed by atoms with Crippen molar-refractivity contribution in [3.05, 3.63) is 23.6 Å². The molecule has 2 aromatic rings. The Kier molecular flexibility index (Phi) is 4.68. The van der Waals surface area contributed by atoms with Crippen LogP contribution in [0.4, 0.5) is 0 Å². The number of aryl methyl sites for hydroxylation is 1. The quantitative estimate of drug-likeness (QED) is 0.762. The number of esters is 1. The fourth-order valence-electron chi connectivity index (χ4n) is 1.78. The number of ether oxygens (including phenoxy) is 1. The van der Waals surface area contributed by atoms with E-state index in [1.54, 1.807) is 6.92 Å². The Morgan fingerprint density at radius 2 is 2.32 bits per heavy atom. The van der Waals surface area contributed by atoms with E-state index in [2.05, 4.69) is 21.5 Å². The van der Waals surface area contributed by atoms with E-state index in [1.807, 2.05) is 17.9 Å². The molecular weight excluding hydrogens is 262 g/mol. The Hall–Kier alpha value is -1.69. The molecule has 2 aromatic heterocycles. The lowest BCUT2D eigenvalue weighted by atomic mass is 10.3. The summed E-state index contributed by atoms with van der Waals surface area (Å²) in [7, 11) is 0. The van der Waals surface area contributed by atoms with E-state index in [-0.39, 0.29) is 12.4 Å². The third-order valence-corrected chi connectivity index (χ3v) is 3.49. The van der Waals surface area contributed by atoms with Gasteiger partial charge < -0.3 is 9.30 Å². The number of aromatic nitrogens is 3. The van der Waals surface area contributed by atoms with Gasteiger partial charge in [-0.2, -0.15) is 0 Å². The fourth-order valence-corrected chi connectivity index (χ4v) is 2.63. The number of imidazole rings is 1. The molecule has 0 radical (unpaired) electrons. The van der Waals surface area contributed by atoms with E-state index in [1.165, 1.54) is 11.3 Å². The predicted molar refractivity (Wildman–Crippen MR) is 74.0 cm³/mol. The van der Waals surface area contributed by atoms with Crippen molar-refractivity contribution >= 4 is 17.3 Å². The summed E-state index contributed by atoms with van der Waals surface area (Å²) in [6.07, 6.45) is 4.89. The van der Waals surface area contributed by atoms with Crippen LogP contribution in [0.3, 0.4) is 0 Å². The molecule has 0 amide bonds. The highest BCUT2D eigenvalue weighted by Crippen LogP contribution is 2.24. The van der Waals surface area contributed by atoms with Crippen LogP contribution in [0.15, 0.2) is 17.9 Å². The minimum atomic E-state index is -0.235. The van der Waals surface area contributed by atoms with Crippen LogP contribution in [0, 0.1) is 0 Å². The Balaban J connectivity index is 2.12. The molecule has 0 saturated heterocycles. The van der Waals surface area contributed by atoms with Crippen LogP contribution in [0.5, 0.6) is 0 Å². The molecule has 0 atom stereocenters. The van der Waals surface area contributed by atoms with Crippen LogP contribution < -0.4 is 0 Å². The summed E-state index contributed by atoms with van der Waals surface area (Å²) in [5.74, 6) is -0.235. The highest BCUT2D eigenvalue weighted by Gasteiger charge is 2.12. The van der Waals surface area contributed by atoms with Crippen molar-refractivity contribution in [2.24, 2.45) is 0 Å². The second-order valence-corrected chi connectivity index (χ2v) is 4.96. The Morgan fingerprint density at radius 3 is 3.05 bits per heavy atom. The summed E-state index contributed by atoms with van der Waals surface area (Å²) in [4.78, 5) is 20.0. The third kappa shape index (κ3) is 3.41. The van der Waals surface area contributed by atoms with E-state index in [0.29, 0.717) is 6.61 Å². The molecule has 0 bridgehead atoms. The van der Waals surface area contributed by atoms with Gasteiger partial charge in [-0.15, -0.1) is 11.3 Å². The van der Waals surface area contributed by atoms with E-state index >= 15 is 0 Å². The van der Waals surface area contributed by atoms with Crippen molar-refractivity contribution in [2.75, 3.05) is 6.61 Å². The molecule has 0 aliphatic rings. The van der Waals surface area contributed by atoms with Crippen molar-refractivity contribution in [3.63, 3.8) is 0 Å². The van der Waals surface area contributed by atoms with Crippen molar-refractivity contribution in [1.82, 2.24) is 14.5 Å². The Morgan fingerprint density at radius 1 is 1.47 bits per heavy atom. The summed E-state index contributed by atoms with van der Waals surface area (Å²) < 4.78 is 6.99. The summed E-state index contributed by atoms with van der Waals surface area (Å²) in [5, 5.41) is 2.79. The average molecular weight is 279 g/mol. The summed E-state index contributed by atoms with van der Waals surface area (Å²) in [6, 6.07) is 0. The van der Waals surface area contributed by atoms with Crippen LogP contribution >= 0.6 is 11.3 Å². The first kappa shape index (κ1) is 13.7. The zero-order chi connectivity index (χ0) is 13.7. The lowest BCUT2D eigenvalue weighted by molar-refractivity contribution is -0.142. The van der Waals surface area contributed by atoms with Gasteiger partial charge in [0, 0.05) is 11.9 Å². The van der Waals surface area contributed by atoms with Gasteiger partial charge in [0.05, 0.1) is 36.9 Å². The highest BCUT2D eigenvalue weighted by atomic mass is 32.1. The minimum absolute atomic E-state index is 0.228. The molecule has 2 heterocycles. The SMILES string of the molecule is CCCn1cncc1-c1nc(CC(=O)OCC)cs1. The number of hydrogen-bond acceptors (Lipinski definition) is 5. The summed E-state index contributed by atoms with van der Waals surface area (Å²) in [6.45, 7) is 5.24. The van der Waals surface area contributed by atoms with Crippen LogP contribution in [0.25, 0.3) is 10.7 Å². The number of rotatable bonds is 6. The molecule has 0 aromatic carbocycles. The van der Waals surface area contributed by atoms with Gasteiger partial charge >= 0.3 is 5.97 Å². The van der Waals surface area contributed by atoms with E-state index < -0.39 is 0 Å². The zero-order valence-electron chi connectivity index (χ0n) is 11.1. The molecule has 2 rings (SSSR count). The number of thiazole rings is 1. The first-order valence-corrected chi connectivity index (χ1v) is 7.23. The number of carbonyl (C=O) groups excluding carboxylic acids is 1. The number of nitrogens with zero attached hydrogens (tertiary/aromatic N) is 3. The second kappa shape index (κ2) is 6.47. The molecule has 0 aliphatic heterocycles. The normalized spacial score (nSPS) is 10.6. The van der Waals surface area contributed by atoms with Crippen molar-refractivity contribution in [1.29, 1.82) is 0 Å². The van der Waals surface area contributed by atoms with E-state index in [9.17, 15) is 4.79 Å². The summed E-state index contributed by atoms with van der Waals surface area (Å²) in [5.41, 5.74) is 1.75. The first-order valence-electron chi connectivity index (χ1n) is 6.35. The first-order chi connectivity index (χ1) is 9.24. The van der Waals surface area contributed by atoms with Gasteiger partial charge in [-0.1, -0.05) is 6.92 Å². The maximum atomic E-state index is 11.4. The molecule has 0 spiro atoms. The average Bonchev–Trinajstić information content (AvgIpc) is 2.98. The van der Waals surface area contributed by atoms with Crippen molar-refractivity contribution in [3.8, 4) is 10.7 Å². The molecule has 5 nitrogen and oxygen atoms in total. The highest BCUT2D eigenvalue weighted by molar-refractivity contribution is 7.13. The third-order valence-electron chi connectivity index (χ3n) is 2.58. The van der Waals surface area contributed by atoms with Gasteiger partial charge in [-0.3, -0.25) is 4.79 Å². The molecule has 0 saturated carbocycles. The van der Waals surface area contributed by atoms with Gasteiger partial charge in [0.25, 0.3) is 0 Å². The van der Waals surface area contributed by atoms with Crippen LogP contribution in [-0.2, 0) is 22.5 Å². The van der Waals surface area contributed by atoms with Gasteiger partial charge in [-0.05, 0) is 13.3 Å². The van der Waals surface area contributed by atoms with Crippen LogP contribution in [-0.4, -0.2) is 27.1 Å². The molecular formula is C13H17N3O2S. The van der Waals surface area contributed by atoms with E-state index in [0.717, 1.165) is 29.4 Å². The van der Waals surface area contributed by atoms with E-state index in [4.69, 9.17) is 4.74 Å². The maximum absolute atomic E-state index is 11.4. The smallest absolute Gasteiger partial charge is 0.311 e. The van der Waals surface area contributed by atoms with Crippen molar-refractivity contribution < 1.29 is 9.53 Å². The molecule has 102 valence electrons. The fraction of sp³-hybridized carbons (Fsp3) is 0.462. The molecule has 19 heavy (non-hydrogen) atoms. The Bertz CT molecular complexity index is 548. The lowest BCUT2D eigenvalue weighted by Crippen LogP contribution is -2.07.